The molecule has 2 aliphatic heterocycles. The van der Waals surface area contributed by atoms with Crippen molar-refractivity contribution in [2.24, 2.45) is 0 Å². The van der Waals surface area contributed by atoms with E-state index in [0.717, 1.165) is 19.4 Å². The fraction of sp³-hybridized carbons (Fsp3) is 0.571. The Morgan fingerprint density at radius 1 is 1.35 bits per heavy atom. The molecule has 3 rings (SSSR count). The van der Waals surface area contributed by atoms with Crippen molar-refractivity contribution in [3.8, 4) is 0 Å². The van der Waals surface area contributed by atoms with Crippen LogP contribution in [-0.2, 0) is 9.47 Å². The van der Waals surface area contributed by atoms with Gasteiger partial charge in [0.25, 0.3) is 5.91 Å². The lowest BCUT2D eigenvalue weighted by molar-refractivity contribution is -0.0868. The molecule has 2 fully saturated rings. The minimum atomic E-state index is -0.0295. The molecule has 0 unspecified atom stereocenters. The van der Waals surface area contributed by atoms with E-state index in [1.165, 1.54) is 0 Å². The highest BCUT2D eigenvalue weighted by molar-refractivity contribution is 7.71. The van der Waals surface area contributed by atoms with E-state index in [2.05, 4.69) is 4.98 Å². The van der Waals surface area contributed by atoms with Crippen LogP contribution in [0.1, 0.15) is 23.2 Å². The van der Waals surface area contributed by atoms with Gasteiger partial charge < -0.3 is 19.4 Å². The molecule has 0 aliphatic carbocycles. The van der Waals surface area contributed by atoms with Crippen LogP contribution in [0.2, 0.25) is 0 Å². The molecule has 1 aromatic rings. The van der Waals surface area contributed by atoms with Gasteiger partial charge in [-0.25, -0.2) is 0 Å². The van der Waals surface area contributed by atoms with E-state index in [4.69, 9.17) is 21.7 Å². The van der Waals surface area contributed by atoms with E-state index in [0.29, 0.717) is 29.9 Å². The SMILES string of the molecule is O=C(c1ccc[nH]c1=S)N1CCO[C@@H]([C@@H]2CCCO2)C1. The van der Waals surface area contributed by atoms with Crippen LogP contribution in [-0.4, -0.2) is 54.3 Å². The zero-order valence-corrected chi connectivity index (χ0v) is 12.0. The lowest BCUT2D eigenvalue weighted by Gasteiger charge is -2.35. The van der Waals surface area contributed by atoms with E-state index in [1.807, 2.05) is 4.90 Å². The van der Waals surface area contributed by atoms with E-state index in [9.17, 15) is 4.79 Å². The van der Waals surface area contributed by atoms with E-state index in [-0.39, 0.29) is 18.1 Å². The van der Waals surface area contributed by atoms with Crippen LogP contribution < -0.4 is 0 Å². The van der Waals surface area contributed by atoms with Crippen molar-refractivity contribution in [2.75, 3.05) is 26.3 Å². The average Bonchev–Trinajstić information content (AvgIpc) is 3.01. The highest BCUT2D eigenvalue weighted by atomic mass is 32.1. The molecule has 3 heterocycles. The third-order valence-corrected chi connectivity index (χ3v) is 4.15. The molecule has 0 spiro atoms. The van der Waals surface area contributed by atoms with E-state index < -0.39 is 0 Å². The predicted octanol–water partition coefficient (Wildman–Crippen LogP) is 1.76. The van der Waals surface area contributed by atoms with Crippen molar-refractivity contribution in [3.05, 3.63) is 28.5 Å². The molecule has 6 heteroatoms. The number of hydrogen-bond donors (Lipinski definition) is 1. The van der Waals surface area contributed by atoms with Gasteiger partial charge in [0.05, 0.1) is 18.3 Å². The normalized spacial score (nSPS) is 26.7. The molecule has 20 heavy (non-hydrogen) atoms. The monoisotopic (exact) mass is 294 g/mol. The molecule has 2 atom stereocenters. The Labute approximate surface area is 122 Å². The van der Waals surface area contributed by atoms with Gasteiger partial charge in [0, 0.05) is 25.9 Å². The van der Waals surface area contributed by atoms with Crippen LogP contribution in [0.25, 0.3) is 0 Å². The Kier molecular flexibility index (Phi) is 4.14. The topological polar surface area (TPSA) is 54.6 Å². The summed E-state index contributed by atoms with van der Waals surface area (Å²) in [5, 5.41) is 0. The molecule has 1 aromatic heterocycles. The van der Waals surface area contributed by atoms with Crippen molar-refractivity contribution in [3.63, 3.8) is 0 Å². The van der Waals surface area contributed by atoms with Gasteiger partial charge in [0.1, 0.15) is 10.7 Å². The number of nitrogens with zero attached hydrogens (tertiary/aromatic N) is 1. The maximum atomic E-state index is 12.5. The molecular weight excluding hydrogens is 276 g/mol. The Balaban J connectivity index is 1.72. The molecule has 1 amide bonds. The summed E-state index contributed by atoms with van der Waals surface area (Å²) in [6, 6.07) is 3.55. The standard InChI is InChI=1S/C14H18N2O3S/c17-14(10-3-1-5-15-13(10)20)16-6-8-19-12(9-16)11-4-2-7-18-11/h1,3,5,11-12H,2,4,6-9H2,(H,15,20)/t11-,12+/m0/s1. The number of hydrogen-bond acceptors (Lipinski definition) is 4. The molecule has 0 saturated carbocycles. The lowest BCUT2D eigenvalue weighted by Crippen LogP contribution is -2.49. The van der Waals surface area contributed by atoms with Crippen LogP contribution in [0.15, 0.2) is 18.3 Å². The first-order valence-corrected chi connectivity index (χ1v) is 7.37. The third-order valence-electron chi connectivity index (χ3n) is 3.81. The first-order chi connectivity index (χ1) is 9.75. The van der Waals surface area contributed by atoms with Gasteiger partial charge in [-0.05, 0) is 25.0 Å². The van der Waals surface area contributed by atoms with Crippen molar-refractivity contribution < 1.29 is 14.3 Å². The van der Waals surface area contributed by atoms with E-state index in [1.54, 1.807) is 18.3 Å². The Bertz CT molecular complexity index is 539. The number of amides is 1. The number of aromatic amines is 1. The van der Waals surface area contributed by atoms with Crippen molar-refractivity contribution in [1.29, 1.82) is 0 Å². The first kappa shape index (κ1) is 13.7. The van der Waals surface area contributed by atoms with Gasteiger partial charge in [-0.1, -0.05) is 12.2 Å². The number of morpholine rings is 1. The number of H-pyrrole nitrogens is 1. The lowest BCUT2D eigenvalue weighted by atomic mass is 10.1. The molecule has 5 nitrogen and oxygen atoms in total. The van der Waals surface area contributed by atoms with Crippen molar-refractivity contribution in [2.45, 2.75) is 25.0 Å². The second-order valence-corrected chi connectivity index (χ2v) is 5.53. The number of pyridine rings is 1. The largest absolute Gasteiger partial charge is 0.375 e. The average molecular weight is 294 g/mol. The first-order valence-electron chi connectivity index (χ1n) is 6.96. The zero-order valence-electron chi connectivity index (χ0n) is 11.2. The quantitative estimate of drug-likeness (QED) is 0.845. The molecule has 108 valence electrons. The summed E-state index contributed by atoms with van der Waals surface area (Å²) in [5.41, 5.74) is 0.551. The number of carbonyl (C=O) groups excluding carboxylic acids is 1. The molecule has 0 bridgehead atoms. The van der Waals surface area contributed by atoms with Crippen LogP contribution in [0, 0.1) is 4.64 Å². The van der Waals surface area contributed by atoms with Crippen LogP contribution in [0.3, 0.4) is 0 Å². The molecule has 2 aliphatic rings. The number of nitrogens with one attached hydrogen (secondary N) is 1. The molecular formula is C14H18N2O3S. The van der Waals surface area contributed by atoms with Gasteiger partial charge in [0.15, 0.2) is 0 Å². The predicted molar refractivity (Wildman–Crippen MR) is 76.2 cm³/mol. The minimum Gasteiger partial charge on any atom is -0.375 e. The summed E-state index contributed by atoms with van der Waals surface area (Å²) in [4.78, 5) is 17.2. The highest BCUT2D eigenvalue weighted by Gasteiger charge is 2.33. The summed E-state index contributed by atoms with van der Waals surface area (Å²) in [7, 11) is 0. The maximum Gasteiger partial charge on any atom is 0.257 e. The van der Waals surface area contributed by atoms with Crippen molar-refractivity contribution in [1.82, 2.24) is 9.88 Å². The zero-order chi connectivity index (χ0) is 13.9. The fourth-order valence-electron chi connectivity index (χ4n) is 2.74. The summed E-state index contributed by atoms with van der Waals surface area (Å²) in [6.07, 6.45) is 3.92. The Morgan fingerprint density at radius 2 is 2.20 bits per heavy atom. The second-order valence-electron chi connectivity index (χ2n) is 5.12. The highest BCUT2D eigenvalue weighted by Crippen LogP contribution is 2.21. The number of ether oxygens (including phenoxy) is 2. The number of rotatable bonds is 2. The molecule has 2 saturated heterocycles. The number of carbonyl (C=O) groups is 1. The van der Waals surface area contributed by atoms with Gasteiger partial charge in [-0.2, -0.15) is 0 Å². The van der Waals surface area contributed by atoms with Crippen LogP contribution in [0.4, 0.5) is 0 Å². The van der Waals surface area contributed by atoms with Crippen LogP contribution >= 0.6 is 12.2 Å². The second kappa shape index (κ2) is 6.03. The number of aromatic nitrogens is 1. The van der Waals surface area contributed by atoms with Gasteiger partial charge >= 0.3 is 0 Å². The Hall–Kier alpha value is -1.24. The summed E-state index contributed by atoms with van der Waals surface area (Å²) in [5.74, 6) is -0.0295. The molecule has 0 radical (unpaired) electrons. The summed E-state index contributed by atoms with van der Waals surface area (Å²) < 4.78 is 11.9. The van der Waals surface area contributed by atoms with Crippen LogP contribution in [0.5, 0.6) is 0 Å². The molecule has 0 aromatic carbocycles. The van der Waals surface area contributed by atoms with Gasteiger partial charge in [-0.3, -0.25) is 4.79 Å². The maximum absolute atomic E-state index is 12.5. The fourth-order valence-corrected chi connectivity index (χ4v) is 2.96. The minimum absolute atomic E-state index is 0.0172. The van der Waals surface area contributed by atoms with Gasteiger partial charge in [0.2, 0.25) is 0 Å². The molecule has 1 N–H and O–H groups in total. The summed E-state index contributed by atoms with van der Waals surface area (Å²) in [6.45, 7) is 2.53. The smallest absolute Gasteiger partial charge is 0.257 e. The van der Waals surface area contributed by atoms with E-state index >= 15 is 0 Å². The van der Waals surface area contributed by atoms with Crippen molar-refractivity contribution >= 4 is 18.1 Å². The summed E-state index contributed by atoms with van der Waals surface area (Å²) >= 11 is 5.18. The third kappa shape index (κ3) is 2.77. The Morgan fingerprint density at radius 3 is 2.95 bits per heavy atom. The van der Waals surface area contributed by atoms with Gasteiger partial charge in [-0.15, -0.1) is 0 Å².